The van der Waals surface area contributed by atoms with Crippen LogP contribution in [0.1, 0.15) is 58.8 Å². The summed E-state index contributed by atoms with van der Waals surface area (Å²) in [5, 5.41) is 9.03. The maximum absolute atomic E-state index is 12.5. The first-order valence-corrected chi connectivity index (χ1v) is 7.99. The zero-order valence-electron chi connectivity index (χ0n) is 12.7. The number of carbonyl (C=O) groups excluding carboxylic acids is 1. The van der Waals surface area contributed by atoms with Crippen LogP contribution in [0.25, 0.3) is 0 Å². The van der Waals surface area contributed by atoms with Crippen LogP contribution in [0.3, 0.4) is 0 Å². The number of hydrogen-bond donors (Lipinski definition) is 1. The molecular weight excluding hydrogens is 254 g/mol. The van der Waals surface area contributed by atoms with Gasteiger partial charge in [0.25, 0.3) is 0 Å². The van der Waals surface area contributed by atoms with Crippen molar-refractivity contribution in [2.24, 2.45) is 17.8 Å². The van der Waals surface area contributed by atoms with E-state index in [0.717, 1.165) is 31.6 Å². The lowest BCUT2D eigenvalue weighted by Gasteiger charge is -2.30. The van der Waals surface area contributed by atoms with Gasteiger partial charge in [-0.3, -0.25) is 9.59 Å². The molecule has 2 aliphatic rings. The van der Waals surface area contributed by atoms with Gasteiger partial charge in [-0.25, -0.2) is 0 Å². The van der Waals surface area contributed by atoms with Crippen molar-refractivity contribution in [2.75, 3.05) is 6.54 Å². The van der Waals surface area contributed by atoms with E-state index in [9.17, 15) is 9.59 Å². The van der Waals surface area contributed by atoms with Crippen LogP contribution < -0.4 is 0 Å². The SMILES string of the molecule is CC1CCCC(CC(=O)N(CC(C)C(=O)O)C2CC2)C1. The minimum absolute atomic E-state index is 0.180. The van der Waals surface area contributed by atoms with E-state index in [1.807, 2.05) is 4.90 Å². The van der Waals surface area contributed by atoms with E-state index < -0.39 is 11.9 Å². The summed E-state index contributed by atoms with van der Waals surface area (Å²) in [6.45, 7) is 4.33. The van der Waals surface area contributed by atoms with Crippen molar-refractivity contribution in [3.8, 4) is 0 Å². The largest absolute Gasteiger partial charge is 0.481 e. The second-order valence-corrected chi connectivity index (χ2v) is 6.86. The summed E-state index contributed by atoms with van der Waals surface area (Å²) < 4.78 is 0. The molecule has 0 aromatic rings. The molecule has 0 spiro atoms. The fourth-order valence-corrected chi connectivity index (χ4v) is 3.32. The highest BCUT2D eigenvalue weighted by atomic mass is 16.4. The zero-order chi connectivity index (χ0) is 14.7. The van der Waals surface area contributed by atoms with Gasteiger partial charge in [-0.1, -0.05) is 26.7 Å². The Balaban J connectivity index is 1.88. The maximum atomic E-state index is 12.5. The molecule has 114 valence electrons. The maximum Gasteiger partial charge on any atom is 0.308 e. The fourth-order valence-electron chi connectivity index (χ4n) is 3.32. The average Bonchev–Trinajstić information content (AvgIpc) is 3.19. The van der Waals surface area contributed by atoms with E-state index in [0.29, 0.717) is 24.9 Å². The smallest absolute Gasteiger partial charge is 0.308 e. The molecule has 2 aliphatic carbocycles. The Labute approximate surface area is 121 Å². The van der Waals surface area contributed by atoms with Crippen LogP contribution >= 0.6 is 0 Å². The second-order valence-electron chi connectivity index (χ2n) is 6.86. The lowest BCUT2D eigenvalue weighted by atomic mass is 9.80. The van der Waals surface area contributed by atoms with Crippen molar-refractivity contribution < 1.29 is 14.7 Å². The van der Waals surface area contributed by atoms with Gasteiger partial charge in [0, 0.05) is 19.0 Å². The molecule has 1 N–H and O–H groups in total. The number of carboxylic acid groups (broad SMARTS) is 1. The third-order valence-electron chi connectivity index (χ3n) is 4.71. The molecule has 2 fully saturated rings. The molecule has 2 rings (SSSR count). The highest BCUT2D eigenvalue weighted by Gasteiger charge is 2.35. The molecule has 3 atom stereocenters. The molecule has 0 aromatic heterocycles. The van der Waals surface area contributed by atoms with Crippen LogP contribution in [0, 0.1) is 17.8 Å². The summed E-state index contributed by atoms with van der Waals surface area (Å²) in [5.41, 5.74) is 0. The average molecular weight is 281 g/mol. The number of hydrogen-bond acceptors (Lipinski definition) is 2. The third kappa shape index (κ3) is 4.22. The molecule has 0 bridgehead atoms. The Morgan fingerprint density at radius 3 is 2.50 bits per heavy atom. The molecule has 4 heteroatoms. The molecule has 3 unspecified atom stereocenters. The molecule has 0 aromatic carbocycles. The van der Waals surface area contributed by atoms with Crippen molar-refractivity contribution in [2.45, 2.75) is 64.8 Å². The summed E-state index contributed by atoms with van der Waals surface area (Å²) in [6.07, 6.45) is 7.52. The van der Waals surface area contributed by atoms with E-state index in [2.05, 4.69) is 6.92 Å². The van der Waals surface area contributed by atoms with Crippen LogP contribution in [0.2, 0.25) is 0 Å². The van der Waals surface area contributed by atoms with E-state index >= 15 is 0 Å². The molecule has 2 saturated carbocycles. The Bertz CT molecular complexity index is 365. The van der Waals surface area contributed by atoms with Crippen LogP contribution in [-0.2, 0) is 9.59 Å². The second kappa shape index (κ2) is 6.59. The zero-order valence-corrected chi connectivity index (χ0v) is 12.7. The number of amides is 1. The summed E-state index contributed by atoms with van der Waals surface area (Å²) in [7, 11) is 0. The lowest BCUT2D eigenvalue weighted by Crippen LogP contribution is -2.39. The monoisotopic (exact) mass is 281 g/mol. The number of aliphatic carboxylic acids is 1. The molecule has 0 aliphatic heterocycles. The summed E-state index contributed by atoms with van der Waals surface area (Å²) in [4.78, 5) is 25.3. The van der Waals surface area contributed by atoms with Crippen molar-refractivity contribution in [3.63, 3.8) is 0 Å². The van der Waals surface area contributed by atoms with Crippen molar-refractivity contribution in [1.82, 2.24) is 4.90 Å². The van der Waals surface area contributed by atoms with E-state index in [-0.39, 0.29) is 5.91 Å². The lowest BCUT2D eigenvalue weighted by molar-refractivity contribution is -0.143. The van der Waals surface area contributed by atoms with E-state index in [1.165, 1.54) is 12.8 Å². The number of rotatable bonds is 6. The van der Waals surface area contributed by atoms with Crippen molar-refractivity contribution in [1.29, 1.82) is 0 Å². The highest BCUT2D eigenvalue weighted by Crippen LogP contribution is 2.33. The normalized spacial score (nSPS) is 27.9. The Morgan fingerprint density at radius 2 is 1.95 bits per heavy atom. The predicted molar refractivity (Wildman–Crippen MR) is 77.3 cm³/mol. The summed E-state index contributed by atoms with van der Waals surface area (Å²) >= 11 is 0. The molecule has 20 heavy (non-hydrogen) atoms. The first-order chi connectivity index (χ1) is 9.47. The molecule has 0 radical (unpaired) electrons. The van der Waals surface area contributed by atoms with Gasteiger partial charge in [-0.2, -0.15) is 0 Å². The van der Waals surface area contributed by atoms with Gasteiger partial charge in [0.15, 0.2) is 0 Å². The van der Waals surface area contributed by atoms with Gasteiger partial charge in [0.2, 0.25) is 5.91 Å². The van der Waals surface area contributed by atoms with Crippen LogP contribution in [-0.4, -0.2) is 34.5 Å². The van der Waals surface area contributed by atoms with Gasteiger partial charge in [-0.15, -0.1) is 0 Å². The molecular formula is C16H27NO3. The minimum atomic E-state index is -0.810. The Kier molecular flexibility index (Phi) is 5.06. The number of carboxylic acids is 1. The van der Waals surface area contributed by atoms with Crippen LogP contribution in [0.15, 0.2) is 0 Å². The minimum Gasteiger partial charge on any atom is -0.481 e. The first kappa shape index (κ1) is 15.3. The van der Waals surface area contributed by atoms with Crippen molar-refractivity contribution >= 4 is 11.9 Å². The van der Waals surface area contributed by atoms with E-state index in [4.69, 9.17) is 5.11 Å². The van der Waals surface area contributed by atoms with E-state index in [1.54, 1.807) is 6.92 Å². The molecule has 0 heterocycles. The first-order valence-electron chi connectivity index (χ1n) is 7.99. The molecule has 0 saturated heterocycles. The van der Waals surface area contributed by atoms with Gasteiger partial charge >= 0.3 is 5.97 Å². The molecule has 1 amide bonds. The fraction of sp³-hybridized carbons (Fsp3) is 0.875. The van der Waals surface area contributed by atoms with Crippen LogP contribution in [0.5, 0.6) is 0 Å². The highest BCUT2D eigenvalue weighted by molar-refractivity contribution is 5.78. The van der Waals surface area contributed by atoms with Gasteiger partial charge in [-0.05, 0) is 37.5 Å². The van der Waals surface area contributed by atoms with Gasteiger partial charge in [0.05, 0.1) is 5.92 Å². The van der Waals surface area contributed by atoms with Gasteiger partial charge < -0.3 is 10.0 Å². The number of nitrogens with zero attached hydrogens (tertiary/aromatic N) is 1. The summed E-state index contributed by atoms with van der Waals surface area (Å²) in [6, 6.07) is 0.310. The Hall–Kier alpha value is -1.06. The Morgan fingerprint density at radius 1 is 1.25 bits per heavy atom. The summed E-state index contributed by atoms with van der Waals surface area (Å²) in [5.74, 6) is 0.140. The molecule has 4 nitrogen and oxygen atoms in total. The topological polar surface area (TPSA) is 57.6 Å². The number of carbonyl (C=O) groups is 2. The predicted octanol–water partition coefficient (Wildman–Crippen LogP) is 2.91. The van der Waals surface area contributed by atoms with Crippen molar-refractivity contribution in [3.05, 3.63) is 0 Å². The van der Waals surface area contributed by atoms with Crippen LogP contribution in [0.4, 0.5) is 0 Å². The quantitative estimate of drug-likeness (QED) is 0.814. The van der Waals surface area contributed by atoms with Gasteiger partial charge in [0.1, 0.15) is 0 Å². The third-order valence-corrected chi connectivity index (χ3v) is 4.71. The standard InChI is InChI=1S/C16H27NO3/c1-11-4-3-5-13(8-11)9-15(18)17(14-6-7-14)10-12(2)16(19)20/h11-14H,3-10H2,1-2H3,(H,19,20).